The molecule has 0 aliphatic rings. The molecule has 0 saturated heterocycles. The molecule has 0 aliphatic heterocycles. The van der Waals surface area contributed by atoms with Crippen LogP contribution in [-0.4, -0.2) is 9.78 Å². The topological polar surface area (TPSA) is 17.8 Å². The molecule has 1 aromatic carbocycles. The predicted molar refractivity (Wildman–Crippen MR) is 67.2 cm³/mol. The van der Waals surface area contributed by atoms with E-state index in [1.165, 1.54) is 12.1 Å². The van der Waals surface area contributed by atoms with E-state index < -0.39 is 0 Å². The summed E-state index contributed by atoms with van der Waals surface area (Å²) in [4.78, 5) is 0. The summed E-state index contributed by atoms with van der Waals surface area (Å²) in [5.41, 5.74) is 1.60. The van der Waals surface area contributed by atoms with Crippen molar-refractivity contribution in [1.82, 2.24) is 9.78 Å². The zero-order valence-corrected chi connectivity index (χ0v) is 10.8. The summed E-state index contributed by atoms with van der Waals surface area (Å²) in [5, 5.41) is 4.97. The molecule has 2 aromatic rings. The van der Waals surface area contributed by atoms with Crippen molar-refractivity contribution in [2.24, 2.45) is 0 Å². The van der Waals surface area contributed by atoms with Crippen LogP contribution < -0.4 is 0 Å². The van der Waals surface area contributed by atoms with Crippen LogP contribution in [-0.2, 0) is 5.41 Å². The zero-order chi connectivity index (χ0) is 12.6. The molecule has 0 unspecified atom stereocenters. The van der Waals surface area contributed by atoms with E-state index >= 15 is 0 Å². The Labute approximate surface area is 105 Å². The largest absolute Gasteiger partial charge is 0.222 e. The Balaban J connectivity index is 2.46. The highest BCUT2D eigenvalue weighted by Crippen LogP contribution is 2.25. The molecule has 1 heterocycles. The summed E-state index contributed by atoms with van der Waals surface area (Å²) in [6.45, 7) is 6.21. The van der Waals surface area contributed by atoms with Gasteiger partial charge in [-0.15, -0.1) is 0 Å². The number of rotatable bonds is 1. The second kappa shape index (κ2) is 4.15. The molecule has 90 valence electrons. The summed E-state index contributed by atoms with van der Waals surface area (Å²) >= 11 is 6.13. The zero-order valence-electron chi connectivity index (χ0n) is 10.0. The average Bonchev–Trinajstić information content (AvgIpc) is 2.61. The highest BCUT2D eigenvalue weighted by Gasteiger charge is 2.19. The first-order valence-electron chi connectivity index (χ1n) is 5.40. The third-order valence-electron chi connectivity index (χ3n) is 2.51. The fourth-order valence-electron chi connectivity index (χ4n) is 1.49. The highest BCUT2D eigenvalue weighted by atomic mass is 35.5. The van der Waals surface area contributed by atoms with Gasteiger partial charge in [0.25, 0.3) is 0 Å². The summed E-state index contributed by atoms with van der Waals surface area (Å²) in [6.07, 6.45) is 0. The minimum absolute atomic E-state index is 0.0606. The van der Waals surface area contributed by atoms with Gasteiger partial charge in [-0.25, -0.2) is 9.07 Å². The number of nitrogens with zero attached hydrogens (tertiary/aromatic N) is 2. The molecule has 0 saturated carbocycles. The van der Waals surface area contributed by atoms with Crippen molar-refractivity contribution in [2.75, 3.05) is 0 Å². The van der Waals surface area contributed by atoms with Crippen molar-refractivity contribution in [2.45, 2.75) is 26.2 Å². The van der Waals surface area contributed by atoms with E-state index in [1.807, 2.05) is 6.07 Å². The molecule has 0 fully saturated rings. The predicted octanol–water partition coefficient (Wildman–Crippen LogP) is 3.96. The van der Waals surface area contributed by atoms with Crippen LogP contribution in [0.3, 0.4) is 0 Å². The summed E-state index contributed by atoms with van der Waals surface area (Å²) in [5.74, 6) is -0.270. The van der Waals surface area contributed by atoms with Gasteiger partial charge in [0, 0.05) is 5.41 Å². The van der Waals surface area contributed by atoms with E-state index in [4.69, 9.17) is 11.6 Å². The minimum Gasteiger partial charge on any atom is -0.222 e. The first kappa shape index (κ1) is 12.1. The Hall–Kier alpha value is -1.35. The molecule has 0 radical (unpaired) electrons. The lowest BCUT2D eigenvalue weighted by Crippen LogP contribution is -2.12. The van der Waals surface area contributed by atoms with Gasteiger partial charge in [0.1, 0.15) is 11.0 Å². The molecule has 0 N–H and O–H groups in total. The molecule has 2 rings (SSSR count). The van der Waals surface area contributed by atoms with Crippen LogP contribution in [0.2, 0.25) is 5.15 Å². The van der Waals surface area contributed by atoms with Crippen LogP contribution in [0.5, 0.6) is 0 Å². The quantitative estimate of drug-likeness (QED) is 0.751. The number of halogens is 2. The highest BCUT2D eigenvalue weighted by molar-refractivity contribution is 6.29. The smallest absolute Gasteiger partial charge is 0.133 e. The summed E-state index contributed by atoms with van der Waals surface area (Å²) in [7, 11) is 0. The maximum Gasteiger partial charge on any atom is 0.133 e. The van der Waals surface area contributed by atoms with E-state index in [-0.39, 0.29) is 11.2 Å². The lowest BCUT2D eigenvalue weighted by Gasteiger charge is -2.14. The fraction of sp³-hybridized carbons (Fsp3) is 0.308. The third kappa shape index (κ3) is 2.50. The van der Waals surface area contributed by atoms with Gasteiger partial charge < -0.3 is 0 Å². The third-order valence-corrected chi connectivity index (χ3v) is 2.77. The summed E-state index contributed by atoms with van der Waals surface area (Å²) in [6, 6.07) is 7.93. The lowest BCUT2D eigenvalue weighted by molar-refractivity contribution is 0.560. The lowest BCUT2D eigenvalue weighted by atomic mass is 9.93. The van der Waals surface area contributed by atoms with Crippen molar-refractivity contribution in [1.29, 1.82) is 0 Å². The molecule has 1 aromatic heterocycles. The van der Waals surface area contributed by atoms with Crippen molar-refractivity contribution in [3.63, 3.8) is 0 Å². The summed E-state index contributed by atoms with van der Waals surface area (Å²) < 4.78 is 14.4. The van der Waals surface area contributed by atoms with Gasteiger partial charge in [-0.2, -0.15) is 5.10 Å². The Morgan fingerprint density at radius 1 is 1.18 bits per heavy atom. The van der Waals surface area contributed by atoms with E-state index in [2.05, 4.69) is 25.9 Å². The SMILES string of the molecule is CC(C)(C)c1cc(Cl)n(-c2ccc(F)cc2)n1. The second-order valence-electron chi connectivity index (χ2n) is 4.99. The van der Waals surface area contributed by atoms with Crippen LogP contribution in [0.1, 0.15) is 26.5 Å². The molecular formula is C13H14ClFN2. The van der Waals surface area contributed by atoms with Crippen LogP contribution in [0.25, 0.3) is 5.69 Å². The van der Waals surface area contributed by atoms with Gasteiger partial charge in [-0.05, 0) is 30.3 Å². The van der Waals surface area contributed by atoms with Gasteiger partial charge >= 0.3 is 0 Å². The molecule has 4 heteroatoms. The number of hydrogen-bond acceptors (Lipinski definition) is 1. The van der Waals surface area contributed by atoms with Crippen LogP contribution >= 0.6 is 11.6 Å². The minimum atomic E-state index is -0.270. The Morgan fingerprint density at radius 3 is 2.24 bits per heavy atom. The Bertz CT molecular complexity index is 523. The molecule has 0 aliphatic carbocycles. The van der Waals surface area contributed by atoms with Gasteiger partial charge in [0.15, 0.2) is 0 Å². The van der Waals surface area contributed by atoms with E-state index in [0.717, 1.165) is 11.4 Å². The van der Waals surface area contributed by atoms with Gasteiger partial charge in [-0.1, -0.05) is 32.4 Å². The first-order chi connectivity index (χ1) is 7.88. The number of aromatic nitrogens is 2. The number of hydrogen-bond donors (Lipinski definition) is 0. The first-order valence-corrected chi connectivity index (χ1v) is 5.78. The molecule has 17 heavy (non-hydrogen) atoms. The molecule has 0 atom stereocenters. The fourth-order valence-corrected chi connectivity index (χ4v) is 1.73. The monoisotopic (exact) mass is 252 g/mol. The van der Waals surface area contributed by atoms with Crippen molar-refractivity contribution in [3.05, 3.63) is 47.0 Å². The normalized spacial score (nSPS) is 11.8. The Kier molecular flexibility index (Phi) is 2.96. The van der Waals surface area contributed by atoms with E-state index in [9.17, 15) is 4.39 Å². The molecular weight excluding hydrogens is 239 g/mol. The van der Waals surface area contributed by atoms with Gasteiger partial charge in [-0.3, -0.25) is 0 Å². The van der Waals surface area contributed by atoms with Crippen LogP contribution in [0, 0.1) is 5.82 Å². The second-order valence-corrected chi connectivity index (χ2v) is 5.38. The molecule has 2 nitrogen and oxygen atoms in total. The average molecular weight is 253 g/mol. The van der Waals surface area contributed by atoms with E-state index in [0.29, 0.717) is 5.15 Å². The van der Waals surface area contributed by atoms with Crippen molar-refractivity contribution in [3.8, 4) is 5.69 Å². The van der Waals surface area contributed by atoms with Gasteiger partial charge in [0.05, 0.1) is 11.4 Å². The van der Waals surface area contributed by atoms with Crippen LogP contribution in [0.4, 0.5) is 4.39 Å². The van der Waals surface area contributed by atoms with Crippen molar-refractivity contribution < 1.29 is 4.39 Å². The number of benzene rings is 1. The van der Waals surface area contributed by atoms with E-state index in [1.54, 1.807) is 16.8 Å². The maximum atomic E-state index is 12.8. The molecule has 0 spiro atoms. The maximum absolute atomic E-state index is 12.8. The van der Waals surface area contributed by atoms with Crippen molar-refractivity contribution >= 4 is 11.6 Å². The van der Waals surface area contributed by atoms with Gasteiger partial charge in [0.2, 0.25) is 0 Å². The standard InChI is InChI=1S/C13H14ClFN2/c1-13(2,3)11-8-12(14)17(16-11)10-6-4-9(15)5-7-10/h4-8H,1-3H3. The van der Waals surface area contributed by atoms with Crippen LogP contribution in [0.15, 0.2) is 30.3 Å². The Morgan fingerprint density at radius 2 is 1.76 bits per heavy atom. The molecule has 0 bridgehead atoms. The molecule has 0 amide bonds.